The van der Waals surface area contributed by atoms with Gasteiger partial charge in [0.25, 0.3) is 0 Å². The summed E-state index contributed by atoms with van der Waals surface area (Å²) in [5.41, 5.74) is -1.48. The molecule has 0 atom stereocenters. The van der Waals surface area contributed by atoms with Gasteiger partial charge in [-0.15, -0.1) is 0 Å². The summed E-state index contributed by atoms with van der Waals surface area (Å²) in [5, 5.41) is 36.5. The van der Waals surface area contributed by atoms with E-state index in [0.29, 0.717) is 110 Å². The van der Waals surface area contributed by atoms with Gasteiger partial charge < -0.3 is 30.6 Å². The smallest absolute Gasteiger partial charge is 0.870 e. The molecule has 0 aliphatic carbocycles. The second-order valence-corrected chi connectivity index (χ2v) is 22.3. The summed E-state index contributed by atoms with van der Waals surface area (Å²) < 4.78 is 168. The molecular formula is C62H43Cl4F12LiN12O10. The van der Waals surface area contributed by atoms with E-state index in [1.54, 1.807) is 97.1 Å². The molecule has 0 saturated carbocycles. The zero-order valence-electron chi connectivity index (χ0n) is 51.4. The Balaban J connectivity index is 0.000000210. The van der Waals surface area contributed by atoms with Crippen LogP contribution >= 0.6 is 46.4 Å². The van der Waals surface area contributed by atoms with Crippen LogP contribution in [0.3, 0.4) is 0 Å². The first-order valence-electron chi connectivity index (χ1n) is 27.4. The normalized spacial score (nSPS) is 11.4. The monoisotopic (exact) mass is 1490 g/mol. The molecular weight excluding hydrogens is 1450 g/mol. The van der Waals surface area contributed by atoms with Crippen molar-refractivity contribution in [3.8, 4) is 0 Å². The number of hydrogen-bond acceptors (Lipinski definition) is 15. The number of aromatic carboxylic acids is 2. The van der Waals surface area contributed by atoms with Crippen LogP contribution in [0.4, 0.5) is 52.7 Å². The zero-order valence-corrected chi connectivity index (χ0v) is 54.4. The number of benzene rings is 4. The Morgan fingerprint density at radius 3 is 0.990 bits per heavy atom. The summed E-state index contributed by atoms with van der Waals surface area (Å²) in [4.78, 5) is 61.8. The molecule has 0 bridgehead atoms. The van der Waals surface area contributed by atoms with Gasteiger partial charge in [0.15, 0.2) is 22.8 Å². The number of hydrogen-bond donors (Lipinski definition) is 2. The van der Waals surface area contributed by atoms with Crippen molar-refractivity contribution in [1.29, 1.82) is 0 Å². The summed E-state index contributed by atoms with van der Waals surface area (Å²) in [6.45, 7) is -0.567. The first-order chi connectivity index (χ1) is 46.0. The molecule has 8 heterocycles. The first kappa shape index (κ1) is 80.1. The van der Waals surface area contributed by atoms with Crippen LogP contribution < -0.4 is 18.9 Å². The van der Waals surface area contributed by atoms with Crippen LogP contribution in [0.15, 0.2) is 146 Å². The van der Waals surface area contributed by atoms with E-state index in [1.807, 2.05) is 0 Å². The molecule has 0 radical (unpaired) electrons. The number of rotatable bonds is 12. The Labute approximate surface area is 590 Å². The van der Waals surface area contributed by atoms with Gasteiger partial charge in [0.2, 0.25) is 0 Å². The number of esters is 2. The maximum Gasteiger partial charge on any atom is 1.00 e. The van der Waals surface area contributed by atoms with Gasteiger partial charge in [-0.2, -0.15) is 73.1 Å². The summed E-state index contributed by atoms with van der Waals surface area (Å²) in [5.74, 6) is -4.83. The number of nitrogens with zero attached hydrogens (tertiary/aromatic N) is 12. The van der Waals surface area contributed by atoms with Crippen LogP contribution in [0.1, 0.15) is 87.0 Å². The summed E-state index contributed by atoms with van der Waals surface area (Å²) >= 11 is 23.5. The number of methoxy groups -OCH3 is 2. The van der Waals surface area contributed by atoms with Crippen molar-refractivity contribution < 1.29 is 121 Å². The molecule has 22 nitrogen and oxygen atoms in total. The predicted molar refractivity (Wildman–Crippen MR) is 334 cm³/mol. The fourth-order valence-corrected chi connectivity index (χ4v) is 10.00. The molecule has 0 amide bonds. The van der Waals surface area contributed by atoms with Crippen molar-refractivity contribution >= 4 is 114 Å². The minimum Gasteiger partial charge on any atom is -0.870 e. The van der Waals surface area contributed by atoms with Crippen LogP contribution in [-0.4, -0.2) is 118 Å². The summed E-state index contributed by atoms with van der Waals surface area (Å²) in [7, 11) is 2.17. The minimum absolute atomic E-state index is 0. The third-order valence-corrected chi connectivity index (χ3v) is 14.5. The molecule has 0 aliphatic heterocycles. The van der Waals surface area contributed by atoms with Crippen LogP contribution in [0.25, 0.3) is 43.6 Å². The SMILES string of the molecule is COC(=O)c1cc(C(F)(F)F)n(Cc2ccc3ncc(Cl)cc3c2)n1.COC(=O)c1cc(C(F)(F)F)nn1Cc1ccc2ncc(Cl)cc2c1.O.O=C(O)c1cc(C(F)(F)F)n(Cc2ccc3ncc(Cl)cc3c2)n1.O=C(O)c1cc(C(F)(F)F)nn1Cc1ccc2ncc(Cl)cc2c1.[Li+].[OH-]. The standard InChI is InChI=1S/2C16H11ClF3N3O2.2C15H9ClF3N3O2.Li.2H2O/c1-25-15(24)13-6-14(16(18,19)20)22-23(13)8-9-2-3-12-10(4-9)5-11(17)7-21-12;1-25-15(24)13-6-14(16(18,19)20)23(22-13)8-9-2-3-12-10(4-9)5-11(17)7-21-12;16-10-4-9-3-8(1-2-11(9)20-6-10)7-22-12(14(23)24)5-13(21-22)15(17,18)19;16-10-4-9-3-8(1-2-11(9)20-6-10)7-22-13(15(17,18)19)5-12(21-22)14(23)24;;;/h2*2-7H,8H2,1H3;2*1-6H,7H2,(H,23,24);;2*1H2/q;;;;+1;;/p-1. The van der Waals surface area contributed by atoms with Crippen LogP contribution in [0.2, 0.25) is 20.1 Å². The molecule has 0 unspecified atom stereocenters. The Morgan fingerprint density at radius 2 is 0.693 bits per heavy atom. The van der Waals surface area contributed by atoms with Crippen molar-refractivity contribution in [2.75, 3.05) is 14.2 Å². The fraction of sp³-hybridized carbons (Fsp3) is 0.161. The molecule has 12 aromatic rings. The van der Waals surface area contributed by atoms with Crippen LogP contribution in [0.5, 0.6) is 0 Å². The number of aromatic nitrogens is 12. The first-order valence-corrected chi connectivity index (χ1v) is 28.9. The average molecular weight is 1490 g/mol. The van der Waals surface area contributed by atoms with E-state index in [4.69, 9.17) is 56.6 Å². The van der Waals surface area contributed by atoms with Gasteiger partial charge in [-0.25, -0.2) is 19.2 Å². The van der Waals surface area contributed by atoms with Gasteiger partial charge in [0.05, 0.1) is 82.6 Å². The van der Waals surface area contributed by atoms with E-state index >= 15 is 0 Å². The maximum atomic E-state index is 13.2. The molecule has 101 heavy (non-hydrogen) atoms. The van der Waals surface area contributed by atoms with Crippen molar-refractivity contribution in [3.05, 3.63) is 234 Å². The number of carbonyl (C=O) groups excluding carboxylic acids is 2. The molecule has 0 saturated heterocycles. The molecule has 39 heteroatoms. The van der Waals surface area contributed by atoms with Gasteiger partial charge >= 0.3 is 67.4 Å². The topological polar surface area (TPSA) is 312 Å². The molecule has 8 aromatic heterocycles. The Morgan fingerprint density at radius 1 is 0.396 bits per heavy atom. The Bertz CT molecular complexity index is 5030. The van der Waals surface area contributed by atoms with Crippen LogP contribution in [0, 0.1) is 0 Å². The fourth-order valence-electron chi connectivity index (χ4n) is 9.33. The number of carbonyl (C=O) groups is 4. The maximum absolute atomic E-state index is 13.2. The number of pyridine rings is 4. The second-order valence-electron chi connectivity index (χ2n) is 20.6. The van der Waals surface area contributed by atoms with Crippen molar-refractivity contribution in [3.63, 3.8) is 0 Å². The van der Waals surface area contributed by atoms with Gasteiger partial charge in [-0.1, -0.05) is 70.7 Å². The quantitative estimate of drug-likeness (QED) is 0.0652. The number of carboxylic acid groups (broad SMARTS) is 2. The average Bonchev–Trinajstić information content (AvgIpc) is 1.74. The summed E-state index contributed by atoms with van der Waals surface area (Å²) in [6.07, 6.45) is -12.8. The molecule has 524 valence electrons. The largest absolute Gasteiger partial charge is 1.00 e. The van der Waals surface area contributed by atoms with E-state index in [9.17, 15) is 71.9 Å². The van der Waals surface area contributed by atoms with Crippen LogP contribution in [-0.2, 0) is 60.4 Å². The van der Waals surface area contributed by atoms with Crippen molar-refractivity contribution in [1.82, 2.24) is 59.1 Å². The van der Waals surface area contributed by atoms with E-state index in [2.05, 4.69) is 49.8 Å². The number of carboxylic acids is 2. The summed E-state index contributed by atoms with van der Waals surface area (Å²) in [6, 6.07) is 29.1. The molecule has 0 aliphatic rings. The minimum atomic E-state index is -4.71. The molecule has 4 aromatic carbocycles. The molecule has 0 fully saturated rings. The number of alkyl halides is 12. The number of ether oxygens (including phenoxy) is 2. The number of halogens is 16. The van der Waals surface area contributed by atoms with E-state index in [1.165, 1.54) is 24.8 Å². The second kappa shape index (κ2) is 32.6. The van der Waals surface area contributed by atoms with E-state index in [0.717, 1.165) is 33.7 Å². The predicted octanol–water partition coefficient (Wildman–Crippen LogP) is 11.6. The third kappa shape index (κ3) is 20.2. The zero-order chi connectivity index (χ0) is 71.3. The van der Waals surface area contributed by atoms with E-state index < -0.39 is 88.4 Å². The number of fused-ring (bicyclic) bond motifs is 4. The Kier molecular flexibility index (Phi) is 25.8. The van der Waals surface area contributed by atoms with Gasteiger partial charge in [0, 0.05) is 70.6 Å². The molecule has 0 spiro atoms. The van der Waals surface area contributed by atoms with E-state index in [-0.39, 0.29) is 61.7 Å². The Hall–Kier alpha value is -9.92. The van der Waals surface area contributed by atoms with Gasteiger partial charge in [-0.05, 0) is 95.1 Å². The van der Waals surface area contributed by atoms with Crippen molar-refractivity contribution in [2.24, 2.45) is 0 Å². The van der Waals surface area contributed by atoms with Gasteiger partial charge in [-0.3, -0.25) is 38.7 Å². The third-order valence-electron chi connectivity index (χ3n) is 13.7. The van der Waals surface area contributed by atoms with Crippen molar-refractivity contribution in [2.45, 2.75) is 50.9 Å². The molecule has 12 rings (SSSR count). The van der Waals surface area contributed by atoms with Gasteiger partial charge in [0.1, 0.15) is 22.8 Å². The molecule has 5 N–H and O–H groups in total.